The summed E-state index contributed by atoms with van der Waals surface area (Å²) >= 11 is 0. The van der Waals surface area contributed by atoms with Crippen molar-refractivity contribution in [1.29, 1.82) is 0 Å². The fourth-order valence-electron chi connectivity index (χ4n) is 2.93. The Morgan fingerprint density at radius 3 is 2.21 bits per heavy atom. The highest BCUT2D eigenvalue weighted by Gasteiger charge is 2.31. The zero-order valence-electron chi connectivity index (χ0n) is 15.6. The lowest BCUT2D eigenvalue weighted by molar-refractivity contribution is 0.0770. The molecule has 0 spiro atoms. The summed E-state index contributed by atoms with van der Waals surface area (Å²) in [6.07, 6.45) is 7.14. The Morgan fingerprint density at radius 2 is 1.71 bits per heavy atom. The van der Waals surface area contributed by atoms with E-state index in [1.165, 1.54) is 5.56 Å². The van der Waals surface area contributed by atoms with E-state index in [2.05, 4.69) is 44.0 Å². The first-order valence-corrected chi connectivity index (χ1v) is 8.87. The number of hydrogen-bond acceptors (Lipinski definition) is 1. The highest BCUT2D eigenvalue weighted by Crippen LogP contribution is 2.32. The number of rotatable bonds is 10. The zero-order valence-corrected chi connectivity index (χ0v) is 15.6. The molecule has 0 aliphatic carbocycles. The first-order valence-electron chi connectivity index (χ1n) is 8.87. The summed E-state index contributed by atoms with van der Waals surface area (Å²) < 4.78 is 0. The highest BCUT2D eigenvalue weighted by atomic mass is 16.3. The molecule has 0 aliphatic heterocycles. The minimum atomic E-state index is -0.962. The maximum atomic E-state index is 11.4. The van der Waals surface area contributed by atoms with Gasteiger partial charge in [0.1, 0.15) is 5.60 Å². The Morgan fingerprint density at radius 1 is 1.12 bits per heavy atom. The molecule has 0 saturated heterocycles. The maximum absolute atomic E-state index is 11.4. The standard InChI is InChI=1S/C23H32O/c1-6-7-8-12-15-22(16-21-13-10-9-11-14-21)23(24,17-19(2)3)18-20(4)5/h9-14,24H,2,4,6-8,16-18H2,1,3,5H3. The van der Waals surface area contributed by atoms with Crippen LogP contribution >= 0.6 is 0 Å². The molecule has 1 aromatic rings. The van der Waals surface area contributed by atoms with Gasteiger partial charge in [0.25, 0.3) is 0 Å². The molecule has 0 heterocycles. The second-order valence-electron chi connectivity index (χ2n) is 6.93. The van der Waals surface area contributed by atoms with E-state index in [1.807, 2.05) is 32.0 Å². The SMILES string of the molecule is C=C(C)CC(O)(CC(=C)C)C(=C=CCCCC)Cc1ccccc1. The van der Waals surface area contributed by atoms with Crippen LogP contribution in [0.3, 0.4) is 0 Å². The van der Waals surface area contributed by atoms with Gasteiger partial charge in [-0.05, 0) is 38.3 Å². The third-order valence-electron chi connectivity index (χ3n) is 3.95. The lowest BCUT2D eigenvalue weighted by Crippen LogP contribution is -2.32. The van der Waals surface area contributed by atoms with Gasteiger partial charge in [0.05, 0.1) is 0 Å². The van der Waals surface area contributed by atoms with E-state index < -0.39 is 5.60 Å². The van der Waals surface area contributed by atoms with Crippen molar-refractivity contribution < 1.29 is 5.11 Å². The molecule has 0 fully saturated rings. The molecule has 1 aromatic carbocycles. The Balaban J connectivity index is 3.22. The lowest BCUT2D eigenvalue weighted by atomic mass is 9.80. The monoisotopic (exact) mass is 324 g/mol. The van der Waals surface area contributed by atoms with Crippen molar-refractivity contribution in [2.45, 2.75) is 64.9 Å². The van der Waals surface area contributed by atoms with Gasteiger partial charge >= 0.3 is 0 Å². The van der Waals surface area contributed by atoms with Crippen molar-refractivity contribution >= 4 is 0 Å². The van der Waals surface area contributed by atoms with Crippen molar-refractivity contribution in [2.24, 2.45) is 0 Å². The van der Waals surface area contributed by atoms with Crippen LogP contribution in [0.1, 0.15) is 58.4 Å². The van der Waals surface area contributed by atoms with Crippen LogP contribution in [-0.4, -0.2) is 10.7 Å². The molecule has 0 amide bonds. The number of aliphatic hydroxyl groups is 1. The number of benzene rings is 1. The second kappa shape index (κ2) is 10.1. The van der Waals surface area contributed by atoms with Gasteiger partial charge in [-0.15, -0.1) is 18.9 Å². The van der Waals surface area contributed by atoms with Crippen LogP contribution in [0.15, 0.2) is 72.0 Å². The molecule has 0 aliphatic rings. The van der Waals surface area contributed by atoms with Gasteiger partial charge in [-0.1, -0.05) is 54.8 Å². The zero-order chi connectivity index (χ0) is 18.0. The van der Waals surface area contributed by atoms with Crippen molar-refractivity contribution in [1.82, 2.24) is 0 Å². The Kier molecular flexibility index (Phi) is 8.54. The largest absolute Gasteiger partial charge is 0.384 e. The molecule has 24 heavy (non-hydrogen) atoms. The van der Waals surface area contributed by atoms with Gasteiger partial charge in [-0.2, -0.15) is 0 Å². The molecular formula is C23H32O. The molecule has 1 rings (SSSR count). The minimum absolute atomic E-state index is 0.538. The van der Waals surface area contributed by atoms with E-state index in [-0.39, 0.29) is 0 Å². The van der Waals surface area contributed by atoms with Gasteiger partial charge in [-0.3, -0.25) is 0 Å². The molecule has 1 N–H and O–H groups in total. The van der Waals surface area contributed by atoms with Crippen molar-refractivity contribution in [3.8, 4) is 0 Å². The smallest absolute Gasteiger partial charge is 0.101 e. The van der Waals surface area contributed by atoms with Crippen LogP contribution in [0.2, 0.25) is 0 Å². The van der Waals surface area contributed by atoms with E-state index >= 15 is 0 Å². The highest BCUT2D eigenvalue weighted by molar-refractivity contribution is 5.30. The Labute approximate surface area is 148 Å². The van der Waals surface area contributed by atoms with Crippen LogP contribution in [0, 0.1) is 0 Å². The van der Waals surface area contributed by atoms with E-state index in [9.17, 15) is 5.11 Å². The molecule has 0 saturated carbocycles. The average molecular weight is 325 g/mol. The molecule has 1 heteroatoms. The van der Waals surface area contributed by atoms with Crippen LogP contribution < -0.4 is 0 Å². The van der Waals surface area contributed by atoms with Gasteiger partial charge < -0.3 is 5.11 Å². The minimum Gasteiger partial charge on any atom is -0.384 e. The van der Waals surface area contributed by atoms with Crippen LogP contribution in [0.5, 0.6) is 0 Å². The average Bonchev–Trinajstić information content (AvgIpc) is 2.49. The predicted octanol–water partition coefficient (Wildman–Crippen LogP) is 6.16. The van der Waals surface area contributed by atoms with Crippen LogP contribution in [-0.2, 0) is 6.42 Å². The van der Waals surface area contributed by atoms with Crippen LogP contribution in [0.4, 0.5) is 0 Å². The summed E-state index contributed by atoms with van der Waals surface area (Å²) in [7, 11) is 0. The summed E-state index contributed by atoms with van der Waals surface area (Å²) in [5.41, 5.74) is 6.51. The Bertz CT molecular complexity index is 584. The first kappa shape index (κ1) is 20.2. The van der Waals surface area contributed by atoms with E-state index in [4.69, 9.17) is 0 Å². The van der Waals surface area contributed by atoms with Crippen molar-refractivity contribution in [3.05, 3.63) is 77.6 Å². The van der Waals surface area contributed by atoms with Gasteiger partial charge in [0.15, 0.2) is 0 Å². The molecule has 0 unspecified atom stereocenters. The summed E-state index contributed by atoms with van der Waals surface area (Å²) in [5.74, 6) is 0. The molecule has 0 atom stereocenters. The summed E-state index contributed by atoms with van der Waals surface area (Å²) in [6.45, 7) is 14.1. The fourth-order valence-corrected chi connectivity index (χ4v) is 2.93. The maximum Gasteiger partial charge on any atom is 0.101 e. The van der Waals surface area contributed by atoms with Gasteiger partial charge in [0, 0.05) is 24.8 Å². The van der Waals surface area contributed by atoms with Crippen molar-refractivity contribution in [2.75, 3.05) is 0 Å². The predicted molar refractivity (Wildman–Crippen MR) is 105 cm³/mol. The fraction of sp³-hybridized carbons (Fsp3) is 0.435. The number of unbranched alkanes of at least 4 members (excludes halogenated alkanes) is 2. The lowest BCUT2D eigenvalue weighted by Gasteiger charge is -2.31. The van der Waals surface area contributed by atoms with E-state index in [0.29, 0.717) is 19.3 Å². The van der Waals surface area contributed by atoms with Gasteiger partial charge in [0.2, 0.25) is 0 Å². The molecular weight excluding hydrogens is 292 g/mol. The van der Waals surface area contributed by atoms with Crippen molar-refractivity contribution in [3.63, 3.8) is 0 Å². The second-order valence-corrected chi connectivity index (χ2v) is 6.93. The molecule has 0 radical (unpaired) electrons. The first-order chi connectivity index (χ1) is 11.4. The summed E-state index contributed by atoms with van der Waals surface area (Å²) in [5, 5.41) is 11.4. The van der Waals surface area contributed by atoms with Gasteiger partial charge in [-0.25, -0.2) is 0 Å². The topological polar surface area (TPSA) is 20.2 Å². The molecule has 0 aromatic heterocycles. The molecule has 130 valence electrons. The molecule has 1 nitrogen and oxygen atoms in total. The summed E-state index contributed by atoms with van der Waals surface area (Å²) in [6, 6.07) is 10.3. The van der Waals surface area contributed by atoms with E-state index in [1.54, 1.807) is 0 Å². The molecule has 0 bridgehead atoms. The summed E-state index contributed by atoms with van der Waals surface area (Å²) in [4.78, 5) is 0. The quantitative estimate of drug-likeness (QED) is 0.310. The normalized spacial score (nSPS) is 10.8. The third kappa shape index (κ3) is 7.17. The van der Waals surface area contributed by atoms with Crippen LogP contribution in [0.25, 0.3) is 0 Å². The Hall–Kier alpha value is -1.82. The van der Waals surface area contributed by atoms with E-state index in [0.717, 1.165) is 36.0 Å². The number of hydrogen-bond donors (Lipinski definition) is 1. The third-order valence-corrected chi connectivity index (χ3v) is 3.95.